The third kappa shape index (κ3) is 7.02. The van der Waals surface area contributed by atoms with Gasteiger partial charge in [0.1, 0.15) is 5.76 Å². The molecule has 172 valence electrons. The average molecular weight is 542 g/mol. The van der Waals surface area contributed by atoms with Crippen molar-refractivity contribution in [1.29, 1.82) is 0 Å². The standard InChI is InChI=1S/C23H34N4O3.HI/c1-23(2,3)19-14-25-20(30-19)15-27-22(24-4)26-13-16-9-8-12-18(28-5)21(16)29-17-10-6-7-11-17;/h8-9,12,14,17H,6-7,10-11,13,15H2,1-5H3,(H2,24,26,27);1H. The predicted octanol–water partition coefficient (Wildman–Crippen LogP) is 4.79. The fourth-order valence-electron chi connectivity index (χ4n) is 3.47. The molecule has 0 aliphatic heterocycles. The highest BCUT2D eigenvalue weighted by Crippen LogP contribution is 2.34. The van der Waals surface area contributed by atoms with E-state index in [1.807, 2.05) is 12.1 Å². The number of methoxy groups -OCH3 is 1. The third-order valence-corrected chi connectivity index (χ3v) is 5.24. The number of oxazole rings is 1. The monoisotopic (exact) mass is 542 g/mol. The summed E-state index contributed by atoms with van der Waals surface area (Å²) in [6.07, 6.45) is 6.70. The van der Waals surface area contributed by atoms with Gasteiger partial charge in [0.2, 0.25) is 5.89 Å². The van der Waals surface area contributed by atoms with Crippen LogP contribution in [-0.4, -0.2) is 31.2 Å². The lowest BCUT2D eigenvalue weighted by Gasteiger charge is -2.20. The molecule has 0 atom stereocenters. The van der Waals surface area contributed by atoms with Crippen molar-refractivity contribution in [1.82, 2.24) is 15.6 Å². The van der Waals surface area contributed by atoms with Crippen LogP contribution >= 0.6 is 24.0 Å². The second-order valence-electron chi connectivity index (χ2n) is 8.62. The van der Waals surface area contributed by atoms with Crippen molar-refractivity contribution in [2.45, 2.75) is 71.1 Å². The van der Waals surface area contributed by atoms with E-state index >= 15 is 0 Å². The van der Waals surface area contributed by atoms with Crippen LogP contribution in [-0.2, 0) is 18.5 Å². The second-order valence-corrected chi connectivity index (χ2v) is 8.62. The number of rotatable bonds is 7. The SMILES string of the molecule is CN=C(NCc1ncc(C(C)(C)C)o1)NCc1cccc(OC)c1OC1CCCC1.I. The molecule has 1 saturated carbocycles. The molecule has 0 spiro atoms. The summed E-state index contributed by atoms with van der Waals surface area (Å²) < 4.78 is 17.7. The molecule has 31 heavy (non-hydrogen) atoms. The minimum absolute atomic E-state index is 0. The van der Waals surface area contributed by atoms with E-state index in [4.69, 9.17) is 13.9 Å². The van der Waals surface area contributed by atoms with Gasteiger partial charge in [-0.15, -0.1) is 24.0 Å². The van der Waals surface area contributed by atoms with Gasteiger partial charge in [-0.25, -0.2) is 4.98 Å². The van der Waals surface area contributed by atoms with Crippen LogP contribution in [0.4, 0.5) is 0 Å². The molecule has 1 heterocycles. The molecule has 0 saturated heterocycles. The van der Waals surface area contributed by atoms with E-state index in [9.17, 15) is 0 Å². The highest BCUT2D eigenvalue weighted by Gasteiger charge is 2.21. The molecule has 0 bridgehead atoms. The summed E-state index contributed by atoms with van der Waals surface area (Å²) in [5.74, 6) is 3.75. The Balaban J connectivity index is 0.00000341. The molecule has 1 aromatic heterocycles. The molecule has 0 radical (unpaired) electrons. The molecule has 0 unspecified atom stereocenters. The predicted molar refractivity (Wildman–Crippen MR) is 134 cm³/mol. The van der Waals surface area contributed by atoms with E-state index in [2.05, 4.69) is 47.4 Å². The zero-order valence-electron chi connectivity index (χ0n) is 19.2. The molecule has 1 aromatic carbocycles. The molecule has 0 amide bonds. The van der Waals surface area contributed by atoms with Gasteiger partial charge in [-0.05, 0) is 31.7 Å². The minimum Gasteiger partial charge on any atom is -0.493 e. The average Bonchev–Trinajstić information content (AvgIpc) is 3.40. The molecular formula is C23H35IN4O3. The van der Waals surface area contributed by atoms with E-state index in [0.29, 0.717) is 24.9 Å². The van der Waals surface area contributed by atoms with Crippen molar-refractivity contribution in [3.05, 3.63) is 41.6 Å². The molecule has 2 aromatic rings. The Morgan fingerprint density at radius 3 is 2.52 bits per heavy atom. The molecule has 1 aliphatic carbocycles. The second kappa shape index (κ2) is 11.6. The molecule has 8 heteroatoms. The van der Waals surface area contributed by atoms with E-state index in [0.717, 1.165) is 35.7 Å². The summed E-state index contributed by atoms with van der Waals surface area (Å²) in [5, 5.41) is 6.60. The molecule has 3 rings (SSSR count). The van der Waals surface area contributed by atoms with Gasteiger partial charge in [-0.3, -0.25) is 4.99 Å². The largest absolute Gasteiger partial charge is 0.493 e. The summed E-state index contributed by atoms with van der Waals surface area (Å²) in [7, 11) is 3.42. The molecule has 1 fully saturated rings. The fraction of sp³-hybridized carbons (Fsp3) is 0.565. The van der Waals surface area contributed by atoms with Crippen LogP contribution in [0.3, 0.4) is 0 Å². The van der Waals surface area contributed by atoms with E-state index in [-0.39, 0.29) is 35.5 Å². The van der Waals surface area contributed by atoms with E-state index < -0.39 is 0 Å². The fourth-order valence-corrected chi connectivity index (χ4v) is 3.47. The molecular weight excluding hydrogens is 507 g/mol. The maximum atomic E-state index is 6.31. The maximum Gasteiger partial charge on any atom is 0.213 e. The third-order valence-electron chi connectivity index (χ3n) is 5.24. The summed E-state index contributed by atoms with van der Waals surface area (Å²) >= 11 is 0. The van der Waals surface area contributed by atoms with Crippen molar-refractivity contribution >= 4 is 29.9 Å². The normalized spacial score (nSPS) is 14.8. The van der Waals surface area contributed by atoms with Crippen LogP contribution in [0.25, 0.3) is 0 Å². The van der Waals surface area contributed by atoms with Crippen LogP contribution < -0.4 is 20.1 Å². The number of aliphatic imine (C=N–C) groups is 1. The Hall–Kier alpha value is -1.97. The van der Waals surface area contributed by atoms with Crippen molar-refractivity contribution in [3.8, 4) is 11.5 Å². The number of aromatic nitrogens is 1. The van der Waals surface area contributed by atoms with Gasteiger partial charge in [0.25, 0.3) is 0 Å². The summed E-state index contributed by atoms with van der Waals surface area (Å²) in [6, 6.07) is 5.97. The number of ether oxygens (including phenoxy) is 2. The summed E-state index contributed by atoms with van der Waals surface area (Å²) in [5.41, 5.74) is 0.975. The Morgan fingerprint density at radius 1 is 1.19 bits per heavy atom. The first-order valence-electron chi connectivity index (χ1n) is 10.6. The maximum absolute atomic E-state index is 6.31. The number of nitrogens with one attached hydrogen (secondary N) is 2. The van der Waals surface area contributed by atoms with Gasteiger partial charge in [-0.1, -0.05) is 32.9 Å². The van der Waals surface area contributed by atoms with Crippen molar-refractivity contribution in [2.24, 2.45) is 4.99 Å². The lowest BCUT2D eigenvalue weighted by molar-refractivity contribution is 0.198. The highest BCUT2D eigenvalue weighted by molar-refractivity contribution is 14.0. The number of halogens is 1. The smallest absolute Gasteiger partial charge is 0.213 e. The minimum atomic E-state index is -0.0622. The first kappa shape index (κ1) is 25.3. The Kier molecular flexibility index (Phi) is 9.46. The van der Waals surface area contributed by atoms with Crippen molar-refractivity contribution in [2.75, 3.05) is 14.2 Å². The number of nitrogens with zero attached hydrogens (tertiary/aromatic N) is 2. The number of hydrogen-bond acceptors (Lipinski definition) is 5. The highest BCUT2D eigenvalue weighted by atomic mass is 127. The van der Waals surface area contributed by atoms with E-state index in [1.165, 1.54) is 12.8 Å². The molecule has 1 aliphatic rings. The quantitative estimate of drug-likeness (QED) is 0.298. The molecule has 7 nitrogen and oxygen atoms in total. The van der Waals surface area contributed by atoms with Gasteiger partial charge >= 0.3 is 0 Å². The van der Waals surface area contributed by atoms with Crippen LogP contribution in [0.5, 0.6) is 11.5 Å². The Morgan fingerprint density at radius 2 is 1.90 bits per heavy atom. The number of guanidine groups is 1. The van der Waals surface area contributed by atoms with Crippen LogP contribution in [0, 0.1) is 0 Å². The topological polar surface area (TPSA) is 80.9 Å². The number of para-hydroxylation sites is 1. The Labute approximate surface area is 202 Å². The number of benzene rings is 1. The first-order valence-corrected chi connectivity index (χ1v) is 10.6. The van der Waals surface area contributed by atoms with Crippen molar-refractivity contribution in [3.63, 3.8) is 0 Å². The van der Waals surface area contributed by atoms with Crippen molar-refractivity contribution < 1.29 is 13.9 Å². The van der Waals surface area contributed by atoms with Gasteiger partial charge in [-0.2, -0.15) is 0 Å². The lowest BCUT2D eigenvalue weighted by Crippen LogP contribution is -2.36. The number of hydrogen-bond donors (Lipinski definition) is 2. The van der Waals surface area contributed by atoms with E-state index in [1.54, 1.807) is 20.4 Å². The summed E-state index contributed by atoms with van der Waals surface area (Å²) in [6.45, 7) is 7.33. The van der Waals surface area contributed by atoms with Crippen LogP contribution in [0.1, 0.15) is 63.7 Å². The van der Waals surface area contributed by atoms with Crippen LogP contribution in [0.2, 0.25) is 0 Å². The zero-order chi connectivity index (χ0) is 21.6. The van der Waals surface area contributed by atoms with Crippen LogP contribution in [0.15, 0.2) is 33.8 Å². The van der Waals surface area contributed by atoms with Gasteiger partial charge in [0, 0.05) is 24.6 Å². The summed E-state index contributed by atoms with van der Waals surface area (Å²) in [4.78, 5) is 8.66. The first-order chi connectivity index (χ1) is 14.4. The van der Waals surface area contributed by atoms with Gasteiger partial charge in [0.15, 0.2) is 17.5 Å². The van der Waals surface area contributed by atoms with Gasteiger partial charge in [0.05, 0.1) is 26.0 Å². The molecule has 2 N–H and O–H groups in total. The Bertz CT molecular complexity index is 855. The van der Waals surface area contributed by atoms with Gasteiger partial charge < -0.3 is 24.5 Å². The lowest BCUT2D eigenvalue weighted by atomic mass is 9.94. The zero-order valence-corrected chi connectivity index (χ0v) is 21.5.